The van der Waals surface area contributed by atoms with E-state index in [0.717, 1.165) is 35.0 Å². The monoisotopic (exact) mass is 762 g/mol. The first-order chi connectivity index (χ1) is 24.1. The van der Waals surface area contributed by atoms with E-state index < -0.39 is 6.98 Å². The Balaban J connectivity index is 1.26. The van der Waals surface area contributed by atoms with Gasteiger partial charge in [0.05, 0.1) is 5.48 Å². The number of hydrogen-bond acceptors (Lipinski definition) is 2. The van der Waals surface area contributed by atoms with E-state index in [-0.39, 0.29) is 35.6 Å². The van der Waals surface area contributed by atoms with Crippen LogP contribution in [0.4, 0.5) is 0 Å². The zero-order valence-electron chi connectivity index (χ0n) is 31.4. The minimum atomic E-state index is -2.34. The topological polar surface area (TPSA) is 36.9 Å². The maximum absolute atomic E-state index is 8.89. The standard InChI is InChI=1S/C38H32N4O.Pt/c1-38(2,3)26-19-20-39-37(21-26)42-33-10-6-5-9-29(33)30-17-16-28(23-36(30)42)43-27-15-13-25-14-18-32(31(25)22-27)41-24-40(4)34-11-7-8-12-35(34)41;/h5-13,15-17,19-21,32H,14,18H2,1-4H3;/q-2;/i4D3,5D,6D,9D,10D;. The fraction of sp³-hybridized carbons (Fsp3) is 0.211. The molecule has 1 atom stereocenters. The van der Waals surface area contributed by atoms with Crippen molar-refractivity contribution < 1.29 is 33.7 Å². The van der Waals surface area contributed by atoms with E-state index in [1.807, 2.05) is 48.5 Å². The third-order valence-corrected chi connectivity index (χ3v) is 9.51. The second-order valence-electron chi connectivity index (χ2n) is 12.2. The quantitative estimate of drug-likeness (QED) is 0.168. The second kappa shape index (κ2) is 10.2. The predicted octanol–water partition coefficient (Wildman–Crippen LogP) is 8.78. The summed E-state index contributed by atoms with van der Waals surface area (Å²) in [6.45, 7) is 3.96. The van der Waals surface area contributed by atoms with Crippen molar-refractivity contribution in [2.75, 3.05) is 0 Å². The fourth-order valence-corrected chi connectivity index (χ4v) is 7.16. The predicted molar refractivity (Wildman–Crippen MR) is 172 cm³/mol. The van der Waals surface area contributed by atoms with Gasteiger partial charge in [0.15, 0.2) is 0 Å². The molecule has 4 aromatic carbocycles. The number of nitrogens with zero attached hydrogens (tertiary/aromatic N) is 4. The number of pyridine rings is 1. The summed E-state index contributed by atoms with van der Waals surface area (Å²) in [7, 11) is 0. The maximum atomic E-state index is 8.89. The average molecular weight is 763 g/mol. The number of hydrogen-bond donors (Lipinski definition) is 0. The molecule has 1 aliphatic rings. The zero-order chi connectivity index (χ0) is 36.1. The van der Waals surface area contributed by atoms with Gasteiger partial charge in [-0.2, -0.15) is 0 Å². The summed E-state index contributed by atoms with van der Waals surface area (Å²) < 4.78 is 71.5. The van der Waals surface area contributed by atoms with E-state index in [0.29, 0.717) is 48.4 Å². The molecule has 44 heavy (non-hydrogen) atoms. The van der Waals surface area contributed by atoms with Gasteiger partial charge in [-0.3, -0.25) is 0 Å². The van der Waals surface area contributed by atoms with Gasteiger partial charge < -0.3 is 0 Å². The summed E-state index contributed by atoms with van der Waals surface area (Å²) >= 11 is 2.11. The number of aromatic nitrogens is 4. The van der Waals surface area contributed by atoms with Gasteiger partial charge in [-0.15, -0.1) is 0 Å². The van der Waals surface area contributed by atoms with Crippen molar-refractivity contribution in [2.45, 2.75) is 45.1 Å². The SMILES string of the molecule is [2H]c1c([2H])c([2H])c2c(c1[2H])c1ccc(Oc3[c-]c4c(cc3)CCC4n3[c](=[Pt])n(C([2H])([2H])[2H])c4ccccc43)[c-]c1n2-c1cc(C(C)(C)C)ccn1. The van der Waals surface area contributed by atoms with Crippen molar-refractivity contribution in [2.24, 2.45) is 6.98 Å². The van der Waals surface area contributed by atoms with Crippen LogP contribution in [-0.2, 0) is 38.2 Å². The van der Waals surface area contributed by atoms with Gasteiger partial charge in [0.2, 0.25) is 0 Å². The van der Waals surface area contributed by atoms with E-state index in [4.69, 9.17) is 14.3 Å². The Morgan fingerprint density at radius 1 is 0.955 bits per heavy atom. The smallest absolute Gasteiger partial charge is 0.239 e. The molecule has 0 radical (unpaired) electrons. The van der Waals surface area contributed by atoms with E-state index in [9.17, 15) is 0 Å². The molecular formula is C38H32N4OPt-2. The summed E-state index contributed by atoms with van der Waals surface area (Å²) in [4.78, 5) is 4.66. The Morgan fingerprint density at radius 2 is 1.75 bits per heavy atom. The summed E-state index contributed by atoms with van der Waals surface area (Å²) in [5, 5.41) is 0.985. The Hall–Kier alpha value is -4.21. The number of benzene rings is 4. The normalized spacial score (nSPS) is 17.6. The molecule has 0 saturated heterocycles. The molecule has 0 fully saturated rings. The van der Waals surface area contributed by atoms with E-state index in [1.54, 1.807) is 22.9 Å². The molecule has 3 heterocycles. The van der Waals surface area contributed by atoms with Crippen LogP contribution in [0.25, 0.3) is 38.7 Å². The van der Waals surface area contributed by atoms with Gasteiger partial charge >= 0.3 is 194 Å². The molecule has 0 amide bonds. The van der Waals surface area contributed by atoms with Crippen molar-refractivity contribution in [1.82, 2.24) is 18.7 Å². The van der Waals surface area contributed by atoms with Crippen molar-refractivity contribution in [3.63, 3.8) is 0 Å². The molecule has 222 valence electrons. The Kier molecular flexibility index (Phi) is 4.78. The molecule has 1 aliphatic carbocycles. The molecular weight excluding hydrogens is 724 g/mol. The van der Waals surface area contributed by atoms with Crippen LogP contribution in [0.1, 0.15) is 59.5 Å². The van der Waals surface area contributed by atoms with Gasteiger partial charge in [-0.05, 0) is 29.2 Å². The third kappa shape index (κ3) is 4.32. The van der Waals surface area contributed by atoms with Gasteiger partial charge in [-0.1, -0.05) is 38.9 Å². The molecule has 0 N–H and O–H groups in total. The summed E-state index contributed by atoms with van der Waals surface area (Å²) in [6, 6.07) is 24.7. The molecule has 0 saturated carbocycles. The van der Waals surface area contributed by atoms with Gasteiger partial charge in [0.25, 0.3) is 0 Å². The number of para-hydroxylation sites is 3. The Bertz CT molecular complexity index is 2630. The van der Waals surface area contributed by atoms with Crippen molar-refractivity contribution in [1.29, 1.82) is 0 Å². The van der Waals surface area contributed by atoms with Crippen molar-refractivity contribution in [3.8, 4) is 17.3 Å². The van der Waals surface area contributed by atoms with Gasteiger partial charge in [-0.25, -0.2) is 4.98 Å². The second-order valence-corrected chi connectivity index (χ2v) is 13.2. The van der Waals surface area contributed by atoms with Crippen LogP contribution in [0.2, 0.25) is 0 Å². The minimum absolute atomic E-state index is 0.131. The van der Waals surface area contributed by atoms with Crippen molar-refractivity contribution in [3.05, 3.63) is 124 Å². The minimum Gasteiger partial charge on any atom is -0.239 e. The fourth-order valence-electron chi connectivity index (χ4n) is 6.26. The summed E-state index contributed by atoms with van der Waals surface area (Å²) in [5.74, 6) is 1.35. The van der Waals surface area contributed by atoms with Crippen LogP contribution in [0.3, 0.4) is 0 Å². The van der Waals surface area contributed by atoms with Crippen LogP contribution in [-0.4, -0.2) is 18.7 Å². The molecule has 3 aromatic heterocycles. The Labute approximate surface area is 277 Å². The summed E-state index contributed by atoms with van der Waals surface area (Å²) in [5.41, 5.74) is 5.19. The molecule has 8 rings (SSSR count). The van der Waals surface area contributed by atoms with E-state index in [1.165, 1.54) is 4.57 Å². The first-order valence-corrected chi connectivity index (χ1v) is 15.6. The molecule has 7 aromatic rings. The molecule has 1 unspecified atom stereocenters. The number of ether oxygens (including phenoxy) is 1. The molecule has 6 heteroatoms. The van der Waals surface area contributed by atoms with Crippen LogP contribution >= 0.6 is 0 Å². The molecule has 5 nitrogen and oxygen atoms in total. The van der Waals surface area contributed by atoms with Crippen LogP contribution < -0.4 is 4.74 Å². The van der Waals surface area contributed by atoms with E-state index >= 15 is 0 Å². The van der Waals surface area contributed by atoms with Gasteiger partial charge in [0.1, 0.15) is 0 Å². The first kappa shape index (κ1) is 20.7. The zero-order valence-corrected chi connectivity index (χ0v) is 26.6. The Morgan fingerprint density at radius 3 is 2.59 bits per heavy atom. The van der Waals surface area contributed by atoms with Crippen LogP contribution in [0, 0.1) is 15.9 Å². The van der Waals surface area contributed by atoms with Gasteiger partial charge in [0, 0.05) is 6.20 Å². The average Bonchev–Trinajstić information content (AvgIpc) is 3.74. The van der Waals surface area contributed by atoms with Crippen molar-refractivity contribution >= 4 is 32.8 Å². The van der Waals surface area contributed by atoms with Crippen LogP contribution in [0.15, 0.2) is 91.0 Å². The molecule has 0 bridgehead atoms. The first-order valence-electron chi connectivity index (χ1n) is 18.0. The number of imidazole rings is 1. The van der Waals surface area contributed by atoms with Crippen LogP contribution in [0.5, 0.6) is 11.5 Å². The number of aryl methyl sites for hydroxylation is 2. The number of rotatable bonds is 4. The number of fused-ring (bicyclic) bond motifs is 5. The molecule has 0 aliphatic heterocycles. The van der Waals surface area contributed by atoms with E-state index in [2.05, 4.69) is 61.8 Å². The molecule has 0 spiro atoms. The summed E-state index contributed by atoms with van der Waals surface area (Å²) in [6.07, 6.45) is 3.31. The third-order valence-electron chi connectivity index (χ3n) is 8.45.